The maximum atomic E-state index is 9.12. The molecular formula is C18H19NO2. The number of oxime groups is 1. The number of nitrogens with zero attached hydrogens (tertiary/aromatic N) is 1. The van der Waals surface area contributed by atoms with Crippen molar-refractivity contribution in [2.75, 3.05) is 0 Å². The van der Waals surface area contributed by atoms with Crippen molar-refractivity contribution >= 4 is 5.71 Å². The fourth-order valence-corrected chi connectivity index (χ4v) is 2.83. The van der Waals surface area contributed by atoms with Gasteiger partial charge in [-0.1, -0.05) is 41.6 Å². The van der Waals surface area contributed by atoms with Gasteiger partial charge in [0.1, 0.15) is 12.4 Å². The van der Waals surface area contributed by atoms with Crippen LogP contribution in [0.4, 0.5) is 0 Å². The molecule has 0 aliphatic heterocycles. The molecule has 0 aromatic heterocycles. The molecule has 0 saturated carbocycles. The zero-order valence-corrected chi connectivity index (χ0v) is 12.2. The van der Waals surface area contributed by atoms with E-state index < -0.39 is 0 Å². The van der Waals surface area contributed by atoms with Crippen LogP contribution >= 0.6 is 0 Å². The van der Waals surface area contributed by atoms with E-state index in [9.17, 15) is 0 Å². The van der Waals surface area contributed by atoms with E-state index in [2.05, 4.69) is 24.2 Å². The Hall–Kier alpha value is -2.29. The molecule has 108 valence electrons. The Morgan fingerprint density at radius 1 is 1.10 bits per heavy atom. The Morgan fingerprint density at radius 3 is 2.76 bits per heavy atom. The first kappa shape index (κ1) is 13.7. The highest BCUT2D eigenvalue weighted by atomic mass is 16.5. The van der Waals surface area contributed by atoms with Crippen LogP contribution in [0.3, 0.4) is 0 Å². The fourth-order valence-electron chi connectivity index (χ4n) is 2.83. The first-order valence-electron chi connectivity index (χ1n) is 7.30. The van der Waals surface area contributed by atoms with Gasteiger partial charge in [-0.3, -0.25) is 0 Å². The maximum Gasteiger partial charge on any atom is 0.123 e. The highest BCUT2D eigenvalue weighted by molar-refractivity contribution is 6.02. The smallest absolute Gasteiger partial charge is 0.123 e. The zero-order valence-electron chi connectivity index (χ0n) is 12.2. The summed E-state index contributed by atoms with van der Waals surface area (Å²) >= 11 is 0. The Kier molecular flexibility index (Phi) is 3.91. The van der Waals surface area contributed by atoms with Gasteiger partial charge < -0.3 is 9.94 Å². The van der Waals surface area contributed by atoms with Crippen molar-refractivity contribution in [3.63, 3.8) is 0 Å². The van der Waals surface area contributed by atoms with Gasteiger partial charge in [0.15, 0.2) is 0 Å². The third kappa shape index (κ3) is 2.77. The lowest BCUT2D eigenvalue weighted by Gasteiger charge is -2.20. The fraction of sp³-hybridized carbons (Fsp3) is 0.278. The molecule has 3 nitrogen and oxygen atoms in total. The minimum absolute atomic E-state index is 0.564. The molecule has 0 spiro atoms. The van der Waals surface area contributed by atoms with E-state index in [1.54, 1.807) is 0 Å². The van der Waals surface area contributed by atoms with Crippen molar-refractivity contribution in [1.29, 1.82) is 0 Å². The van der Waals surface area contributed by atoms with Gasteiger partial charge in [-0.25, -0.2) is 0 Å². The van der Waals surface area contributed by atoms with Crippen molar-refractivity contribution < 1.29 is 9.94 Å². The molecule has 0 heterocycles. The van der Waals surface area contributed by atoms with E-state index in [0.29, 0.717) is 6.61 Å². The zero-order chi connectivity index (χ0) is 14.7. The molecule has 2 aromatic carbocycles. The number of aryl methyl sites for hydroxylation is 1. The van der Waals surface area contributed by atoms with Crippen LogP contribution in [0.5, 0.6) is 5.75 Å². The van der Waals surface area contributed by atoms with Crippen LogP contribution in [0, 0.1) is 6.92 Å². The molecule has 0 bridgehead atoms. The minimum atomic E-state index is 0.564. The van der Waals surface area contributed by atoms with Gasteiger partial charge in [-0.15, -0.1) is 0 Å². The van der Waals surface area contributed by atoms with Crippen LogP contribution < -0.4 is 4.74 Å². The van der Waals surface area contributed by atoms with E-state index in [1.165, 1.54) is 11.1 Å². The average molecular weight is 281 g/mol. The first-order valence-corrected chi connectivity index (χ1v) is 7.30. The van der Waals surface area contributed by atoms with Crippen LogP contribution in [0.25, 0.3) is 0 Å². The van der Waals surface area contributed by atoms with Gasteiger partial charge in [0.25, 0.3) is 0 Å². The Morgan fingerprint density at radius 2 is 1.95 bits per heavy atom. The van der Waals surface area contributed by atoms with Crippen LogP contribution in [0.2, 0.25) is 0 Å². The molecule has 1 N–H and O–H groups in total. The highest BCUT2D eigenvalue weighted by Gasteiger charge is 2.19. The van der Waals surface area contributed by atoms with Gasteiger partial charge in [-0.05, 0) is 43.4 Å². The van der Waals surface area contributed by atoms with Crippen LogP contribution in [-0.4, -0.2) is 10.9 Å². The molecule has 0 fully saturated rings. The van der Waals surface area contributed by atoms with E-state index in [1.807, 2.05) is 30.3 Å². The summed E-state index contributed by atoms with van der Waals surface area (Å²) in [6.45, 7) is 2.66. The van der Waals surface area contributed by atoms with E-state index >= 15 is 0 Å². The molecular weight excluding hydrogens is 262 g/mol. The largest absolute Gasteiger partial charge is 0.489 e. The van der Waals surface area contributed by atoms with Gasteiger partial charge in [0.2, 0.25) is 0 Å². The lowest BCUT2D eigenvalue weighted by atomic mass is 9.89. The van der Waals surface area contributed by atoms with Crippen molar-refractivity contribution in [2.45, 2.75) is 32.8 Å². The van der Waals surface area contributed by atoms with Crippen molar-refractivity contribution in [1.82, 2.24) is 0 Å². The standard InChI is InChI=1S/C18H19NO2/c1-13-6-2-3-7-14(13)12-21-18-11-5-8-15-16(18)9-4-10-17(15)19-20/h2-3,5-8,11,20H,4,9-10,12H2,1H3. The molecule has 0 unspecified atom stereocenters. The van der Waals surface area contributed by atoms with Gasteiger partial charge in [0.05, 0.1) is 5.71 Å². The second-order valence-electron chi connectivity index (χ2n) is 5.40. The van der Waals surface area contributed by atoms with E-state index in [-0.39, 0.29) is 0 Å². The summed E-state index contributed by atoms with van der Waals surface area (Å²) in [6, 6.07) is 14.2. The molecule has 2 aromatic rings. The normalized spacial score (nSPS) is 15.8. The predicted octanol–water partition coefficient (Wildman–Crippen LogP) is 4.09. The molecule has 21 heavy (non-hydrogen) atoms. The summed E-state index contributed by atoms with van der Waals surface area (Å²) < 4.78 is 6.03. The second kappa shape index (κ2) is 6.00. The Balaban J connectivity index is 1.85. The van der Waals surface area contributed by atoms with E-state index in [0.717, 1.165) is 41.9 Å². The van der Waals surface area contributed by atoms with Crippen LogP contribution in [-0.2, 0) is 13.0 Å². The topological polar surface area (TPSA) is 41.8 Å². The molecule has 0 atom stereocenters. The van der Waals surface area contributed by atoms with E-state index in [4.69, 9.17) is 9.94 Å². The highest BCUT2D eigenvalue weighted by Crippen LogP contribution is 2.30. The third-order valence-corrected chi connectivity index (χ3v) is 4.05. The predicted molar refractivity (Wildman–Crippen MR) is 83.2 cm³/mol. The Labute approximate surface area is 124 Å². The van der Waals surface area contributed by atoms with Gasteiger partial charge in [0, 0.05) is 11.1 Å². The van der Waals surface area contributed by atoms with Crippen LogP contribution in [0.15, 0.2) is 47.6 Å². The summed E-state index contributed by atoms with van der Waals surface area (Å²) in [7, 11) is 0. The number of fused-ring (bicyclic) bond motifs is 1. The maximum absolute atomic E-state index is 9.12. The molecule has 1 aliphatic rings. The monoisotopic (exact) mass is 281 g/mol. The first-order chi connectivity index (χ1) is 10.3. The molecule has 0 saturated heterocycles. The minimum Gasteiger partial charge on any atom is -0.489 e. The number of hydrogen-bond acceptors (Lipinski definition) is 3. The lowest BCUT2D eigenvalue weighted by Crippen LogP contribution is -2.13. The quantitative estimate of drug-likeness (QED) is 0.680. The number of hydrogen-bond donors (Lipinski definition) is 1. The summed E-state index contributed by atoms with van der Waals surface area (Å²) in [5.41, 5.74) is 5.37. The Bertz CT molecular complexity index is 677. The summed E-state index contributed by atoms with van der Waals surface area (Å²) in [4.78, 5) is 0. The number of benzene rings is 2. The number of ether oxygens (including phenoxy) is 1. The number of rotatable bonds is 3. The molecule has 3 rings (SSSR count). The van der Waals surface area contributed by atoms with Gasteiger partial charge >= 0.3 is 0 Å². The average Bonchev–Trinajstić information content (AvgIpc) is 2.53. The molecule has 1 aliphatic carbocycles. The SMILES string of the molecule is Cc1ccccc1COc1cccc2c1CCCC2=NO. The summed E-state index contributed by atoms with van der Waals surface area (Å²) in [5, 5.41) is 12.5. The molecule has 0 amide bonds. The molecule has 0 radical (unpaired) electrons. The van der Waals surface area contributed by atoms with Crippen molar-refractivity contribution in [3.8, 4) is 5.75 Å². The second-order valence-corrected chi connectivity index (χ2v) is 5.40. The molecule has 3 heteroatoms. The van der Waals surface area contributed by atoms with Crippen LogP contribution in [0.1, 0.15) is 35.1 Å². The van der Waals surface area contributed by atoms with Gasteiger partial charge in [-0.2, -0.15) is 0 Å². The lowest BCUT2D eigenvalue weighted by molar-refractivity contribution is 0.301. The summed E-state index contributed by atoms with van der Waals surface area (Å²) in [6.07, 6.45) is 2.79. The van der Waals surface area contributed by atoms with Crippen molar-refractivity contribution in [3.05, 3.63) is 64.7 Å². The third-order valence-electron chi connectivity index (χ3n) is 4.05. The summed E-state index contributed by atoms with van der Waals surface area (Å²) in [5.74, 6) is 0.900. The van der Waals surface area contributed by atoms with Crippen molar-refractivity contribution in [2.24, 2.45) is 5.16 Å².